The van der Waals surface area contributed by atoms with Crippen molar-refractivity contribution in [2.24, 2.45) is 0 Å². The van der Waals surface area contributed by atoms with E-state index < -0.39 is 95.4 Å². The van der Waals surface area contributed by atoms with Gasteiger partial charge in [-0.3, -0.25) is 34.3 Å². The van der Waals surface area contributed by atoms with E-state index in [0.717, 1.165) is 12.7 Å². The van der Waals surface area contributed by atoms with Crippen LogP contribution in [0.3, 0.4) is 0 Å². The van der Waals surface area contributed by atoms with Crippen molar-refractivity contribution in [2.75, 3.05) is 99.2 Å². The summed E-state index contributed by atoms with van der Waals surface area (Å²) in [4.78, 5) is 12.0. The van der Waals surface area contributed by atoms with E-state index in [-0.39, 0.29) is 132 Å². The first-order valence-corrected chi connectivity index (χ1v) is 38.3. The van der Waals surface area contributed by atoms with Crippen LogP contribution in [0.5, 0.6) is 0 Å². The van der Waals surface area contributed by atoms with Crippen molar-refractivity contribution in [2.45, 2.75) is 359 Å². The van der Waals surface area contributed by atoms with Crippen molar-refractivity contribution in [1.82, 2.24) is 44.9 Å². The topological polar surface area (TPSA) is 94.7 Å². The Hall–Kier alpha value is -2.84. The number of methoxy groups -OCH3 is 1. The predicted octanol–water partition coefficient (Wildman–Crippen LogP) is 18.5. The lowest BCUT2D eigenvalue weighted by Gasteiger charge is -2.55. The van der Waals surface area contributed by atoms with E-state index >= 15 is 0 Å². The lowest BCUT2D eigenvalue weighted by molar-refractivity contribution is -0.330. The van der Waals surface area contributed by atoms with Crippen LogP contribution in [0.15, 0.2) is 30.3 Å². The van der Waals surface area contributed by atoms with Gasteiger partial charge >= 0.3 is 30.9 Å². The highest BCUT2D eigenvalue weighted by molar-refractivity contribution is 5.15. The molecule has 6 heterocycles. The van der Waals surface area contributed by atoms with Gasteiger partial charge in [-0.15, -0.1) is 0 Å². The fraction of sp³-hybridized carbons (Fsp3) is 0.922. The number of hydrogen-bond acceptors (Lipinski definition) is 13. The monoisotopic (exact) mass is 1670 g/mol. The third-order valence-electron chi connectivity index (χ3n) is 20.2. The van der Waals surface area contributed by atoms with Crippen LogP contribution in [0, 0.1) is 0 Å². The van der Waals surface area contributed by atoms with Gasteiger partial charge in [0.05, 0.1) is 32.3 Å². The highest BCUT2D eigenvalue weighted by Crippen LogP contribution is 2.47. The van der Waals surface area contributed by atoms with Crippen LogP contribution in [-0.4, -0.2) is 286 Å². The van der Waals surface area contributed by atoms with E-state index in [0.29, 0.717) is 50.1 Å². The van der Waals surface area contributed by atoms with E-state index in [4.69, 9.17) is 14.6 Å². The van der Waals surface area contributed by atoms with Gasteiger partial charge in [0.2, 0.25) is 5.92 Å². The number of aliphatic hydroxyl groups is 1. The van der Waals surface area contributed by atoms with E-state index in [2.05, 4.69) is 34.1 Å². The normalized spacial score (nSPS) is 22.3. The van der Waals surface area contributed by atoms with E-state index in [1.807, 2.05) is 124 Å². The molecule has 35 heteroatoms. The van der Waals surface area contributed by atoms with E-state index in [1.54, 1.807) is 83.4 Å². The summed E-state index contributed by atoms with van der Waals surface area (Å²) in [6, 6.07) is 11.0. The number of benzene rings is 1. The second-order valence-corrected chi connectivity index (χ2v) is 36.6. The molecule has 0 radical (unpaired) electrons. The number of β-amino-alcohol motifs (C(OH)–C–C–N with tert-alkyl or cyclic N) is 1. The average Bonchev–Trinajstić information content (AvgIpc) is 0.747. The number of hydrogen-bond donors (Lipinski definition) is 3. The number of nitrogens with zero attached hydrogens (tertiary/aromatic N) is 7. The maximum Gasteiger partial charge on any atom is 0.419 e. The molecule has 0 spiro atoms. The molecule has 13 nitrogen and oxygen atoms in total. The molecule has 112 heavy (non-hydrogen) atoms. The molecular formula is C77H135F22N9O4. The van der Waals surface area contributed by atoms with Crippen LogP contribution < -0.4 is 10.6 Å². The second-order valence-electron chi connectivity index (χ2n) is 36.6. The van der Waals surface area contributed by atoms with Gasteiger partial charge < -0.3 is 30.0 Å². The Balaban J connectivity index is 0.000000638. The fourth-order valence-corrected chi connectivity index (χ4v) is 11.9. The molecule has 0 aromatic heterocycles. The summed E-state index contributed by atoms with van der Waals surface area (Å²) in [7, 11) is 2.58. The fourth-order valence-electron chi connectivity index (χ4n) is 11.9. The lowest BCUT2D eigenvalue weighted by Crippen LogP contribution is -2.73. The molecule has 2 saturated carbocycles. The van der Waals surface area contributed by atoms with Crippen molar-refractivity contribution in [3.05, 3.63) is 35.9 Å². The first-order chi connectivity index (χ1) is 49.8. The minimum Gasteiger partial charge on any atom is -0.378 e. The van der Waals surface area contributed by atoms with Crippen molar-refractivity contribution in [1.29, 1.82) is 0 Å². The Morgan fingerprint density at radius 3 is 1.08 bits per heavy atom. The first kappa shape index (κ1) is 107. The van der Waals surface area contributed by atoms with Crippen LogP contribution >= 0.6 is 0 Å². The Morgan fingerprint density at radius 2 is 0.821 bits per heavy atom. The standard InChI is InChI=1S/C15H20F3NO.C10H18F3NO.C9H16F3NO.C9H17F2N.C8H14F3NO.C7H14F3N.C7H13F2N.C6H11F2N.C6H12FN/c1-13(2,3)19-10-14(11-19,15(16,17)18)20-9-12-7-5-4-6-8-12;1-7(2)14-5-9(6-14,10(11,12)13)15-8(3)4;1-7(2,3)13-5-8(6-13,14-4)9(10,11)12;1-7(2)12-8-3-5-9(10,11)6-4-8;1-6(2,3)12-4-7(13,5-12)8(9,10)11;1-6(2,3)11(4)5-7(8,9)10;1-5(2)10-6-3-7(8,9)4-6;1-5(2)9-3-6(7,8)4-9;1-5(2)8-3-6(7)4-8/h4-8H,9-11H2,1-3H3;7-8H,5-6H2,1-4H3;5-6H2,1-4H3;7-8,12H,3-6H2,1-2H3;13H,4-5H2,1-3H3;5H2,1-4H3;5-6,10H,3-4H2,1-2H3;5H,3-4H2,1-2H3;5-6H,3-4H2,1-2H3. The third-order valence-corrected chi connectivity index (χ3v) is 20.2. The van der Waals surface area contributed by atoms with Crippen molar-refractivity contribution < 1.29 is 116 Å². The molecule has 2 aliphatic carbocycles. The number of alkyl halides is 22. The van der Waals surface area contributed by atoms with Crippen LogP contribution in [0.2, 0.25) is 0 Å². The number of rotatable bonds is 14. The first-order valence-electron chi connectivity index (χ1n) is 38.3. The van der Waals surface area contributed by atoms with Crippen LogP contribution in [-0.2, 0) is 20.8 Å². The molecule has 6 aliphatic heterocycles. The van der Waals surface area contributed by atoms with Crippen LogP contribution in [0.1, 0.15) is 210 Å². The van der Waals surface area contributed by atoms with Gasteiger partial charge in [0, 0.05) is 163 Å². The molecule has 0 bridgehead atoms. The summed E-state index contributed by atoms with van der Waals surface area (Å²) in [5.41, 5.74) is -8.88. The SMILES string of the molecule is CC(C)(C)N1CC(O)(C(F)(F)F)C1.CC(C)(C)N1CC(OCc2ccccc2)(C(F)(F)F)C1.CC(C)N1CC(F)(F)C1.CC(C)N1CC(F)C1.CC(C)NC1CC(F)(F)C1.CC(C)NC1CCC(F)(F)CC1.CC(C)OC1(C(F)(F)F)CN(C(C)C)C1.CN(CC(F)(F)F)C(C)(C)C.COC1(C(F)(F)F)CN(C(C)(C)C)C1. The van der Waals surface area contributed by atoms with Crippen molar-refractivity contribution in [3.63, 3.8) is 0 Å². The van der Waals surface area contributed by atoms with Crippen molar-refractivity contribution >= 4 is 0 Å². The summed E-state index contributed by atoms with van der Waals surface area (Å²) in [6.45, 7) is 44.4. The number of halogens is 22. The zero-order valence-corrected chi connectivity index (χ0v) is 70.8. The largest absolute Gasteiger partial charge is 0.419 e. The highest BCUT2D eigenvalue weighted by atomic mass is 19.4. The molecule has 8 aliphatic rings. The molecule has 8 fully saturated rings. The van der Waals surface area contributed by atoms with Crippen LogP contribution in [0.25, 0.3) is 0 Å². The molecule has 666 valence electrons. The third kappa shape index (κ3) is 35.6. The van der Waals surface area contributed by atoms with Gasteiger partial charge in [0.1, 0.15) is 6.17 Å². The quantitative estimate of drug-likeness (QED) is 0.155. The molecular weight excluding hydrogens is 1530 g/mol. The summed E-state index contributed by atoms with van der Waals surface area (Å²) < 4.78 is 289. The van der Waals surface area contributed by atoms with Gasteiger partial charge in [0.25, 0.3) is 11.8 Å². The zero-order chi connectivity index (χ0) is 88.0. The minimum atomic E-state index is -4.51. The Morgan fingerprint density at radius 1 is 0.464 bits per heavy atom. The Kier molecular flexibility index (Phi) is 39.2. The maximum absolute atomic E-state index is 13.3. The molecule has 1 aromatic carbocycles. The number of nitrogens with one attached hydrogen (secondary N) is 2. The summed E-state index contributed by atoms with van der Waals surface area (Å²) >= 11 is 0. The second kappa shape index (κ2) is 40.9. The smallest absolute Gasteiger partial charge is 0.378 e. The van der Waals surface area contributed by atoms with Crippen LogP contribution in [0.4, 0.5) is 96.6 Å². The number of likely N-dealkylation sites (tertiary alicyclic amines) is 6. The molecule has 1 aromatic rings. The summed E-state index contributed by atoms with van der Waals surface area (Å²) in [5, 5.41) is 15.5. The van der Waals surface area contributed by atoms with E-state index in [1.165, 1.54) is 11.9 Å². The highest BCUT2D eigenvalue weighted by Gasteiger charge is 2.67. The minimum absolute atomic E-state index is 0.0155. The number of ether oxygens (including phenoxy) is 3. The van der Waals surface area contributed by atoms with E-state index in [9.17, 15) is 96.6 Å². The van der Waals surface area contributed by atoms with Gasteiger partial charge in [-0.25, -0.2) is 30.7 Å². The average molecular weight is 1670 g/mol. The zero-order valence-electron chi connectivity index (χ0n) is 70.8. The van der Waals surface area contributed by atoms with Crippen molar-refractivity contribution in [3.8, 4) is 0 Å². The van der Waals surface area contributed by atoms with Gasteiger partial charge in [-0.1, -0.05) is 58.0 Å². The predicted molar refractivity (Wildman–Crippen MR) is 396 cm³/mol. The Bertz CT molecular complexity index is 2780. The van der Waals surface area contributed by atoms with Gasteiger partial charge in [-0.05, 0) is 164 Å². The molecule has 0 atom stereocenters. The Labute approximate surface area is 653 Å². The lowest BCUT2D eigenvalue weighted by atomic mass is 9.87. The molecule has 0 amide bonds. The molecule has 3 N–H and O–H groups in total. The summed E-state index contributed by atoms with van der Waals surface area (Å²) in [5.74, 6) is -7.17. The molecule has 6 saturated heterocycles. The van der Waals surface area contributed by atoms with Gasteiger partial charge in [-0.2, -0.15) is 65.9 Å². The maximum atomic E-state index is 13.3. The molecule has 0 unspecified atom stereocenters. The van der Waals surface area contributed by atoms with Gasteiger partial charge in [0.15, 0.2) is 22.4 Å². The summed E-state index contributed by atoms with van der Waals surface area (Å²) in [6.07, 6.45) is -21.1. The molecule has 9 rings (SSSR count).